The Hall–Kier alpha value is -3.16. The lowest BCUT2D eigenvalue weighted by Gasteiger charge is -2.25. The molecule has 30 heavy (non-hydrogen) atoms. The van der Waals surface area contributed by atoms with Crippen LogP contribution in [-0.4, -0.2) is 26.7 Å². The summed E-state index contributed by atoms with van der Waals surface area (Å²) < 4.78 is 27.5. The van der Waals surface area contributed by atoms with Gasteiger partial charge in [-0.15, -0.1) is 0 Å². The fraction of sp³-hybridized carbons (Fsp3) is 0.0909. The third-order valence-electron chi connectivity index (χ3n) is 4.29. The minimum atomic E-state index is -4.05. The van der Waals surface area contributed by atoms with Gasteiger partial charge in [-0.25, -0.2) is 8.42 Å². The average molecular weight is 443 g/mol. The highest BCUT2D eigenvalue weighted by molar-refractivity contribution is 7.92. The summed E-state index contributed by atoms with van der Waals surface area (Å²) in [6.07, 6.45) is 0. The SMILES string of the molecule is CC(=O)c1cccc(NC(=O)CN(c2ccccc2Cl)S(=O)(=O)c2ccccc2)c1. The predicted molar refractivity (Wildman–Crippen MR) is 118 cm³/mol. The fourth-order valence-corrected chi connectivity index (χ4v) is 4.57. The molecule has 3 aromatic rings. The summed E-state index contributed by atoms with van der Waals surface area (Å²) in [5.74, 6) is -0.717. The van der Waals surface area contributed by atoms with Gasteiger partial charge in [0.05, 0.1) is 15.6 Å². The van der Waals surface area contributed by atoms with Crippen molar-refractivity contribution in [1.29, 1.82) is 0 Å². The van der Waals surface area contributed by atoms with Gasteiger partial charge in [0, 0.05) is 11.3 Å². The van der Waals surface area contributed by atoms with Gasteiger partial charge in [-0.05, 0) is 43.3 Å². The van der Waals surface area contributed by atoms with Crippen LogP contribution >= 0.6 is 11.6 Å². The molecule has 6 nitrogen and oxygen atoms in total. The number of Topliss-reactive ketones (excluding diaryl/α,β-unsaturated/α-hetero) is 1. The minimum absolute atomic E-state index is 0.0382. The van der Waals surface area contributed by atoms with Crippen LogP contribution < -0.4 is 9.62 Å². The average Bonchev–Trinajstić information content (AvgIpc) is 2.73. The molecule has 0 spiro atoms. The second-order valence-electron chi connectivity index (χ2n) is 6.46. The topological polar surface area (TPSA) is 83.6 Å². The van der Waals surface area contributed by atoms with E-state index in [0.29, 0.717) is 11.3 Å². The van der Waals surface area contributed by atoms with Gasteiger partial charge in [-0.2, -0.15) is 0 Å². The number of carbonyl (C=O) groups excluding carboxylic acids is 2. The molecule has 0 saturated heterocycles. The number of hydrogen-bond acceptors (Lipinski definition) is 4. The summed E-state index contributed by atoms with van der Waals surface area (Å²) >= 11 is 6.24. The van der Waals surface area contributed by atoms with Crippen LogP contribution in [0.15, 0.2) is 83.8 Å². The Morgan fingerprint density at radius 1 is 0.933 bits per heavy atom. The fourth-order valence-electron chi connectivity index (χ4n) is 2.82. The molecule has 154 valence electrons. The van der Waals surface area contributed by atoms with Crippen LogP contribution in [0.4, 0.5) is 11.4 Å². The molecule has 0 aliphatic carbocycles. The lowest BCUT2D eigenvalue weighted by molar-refractivity contribution is -0.114. The molecule has 0 aliphatic rings. The first-order chi connectivity index (χ1) is 14.3. The molecular formula is C22H19ClN2O4S. The van der Waals surface area contributed by atoms with Crippen molar-refractivity contribution in [3.05, 3.63) is 89.4 Å². The number of ketones is 1. The van der Waals surface area contributed by atoms with E-state index in [1.54, 1.807) is 54.6 Å². The number of hydrogen-bond donors (Lipinski definition) is 1. The summed E-state index contributed by atoms with van der Waals surface area (Å²) in [5.41, 5.74) is 1.02. The van der Waals surface area contributed by atoms with Gasteiger partial charge in [0.15, 0.2) is 5.78 Å². The van der Waals surface area contributed by atoms with Gasteiger partial charge >= 0.3 is 0 Å². The molecule has 0 atom stereocenters. The molecule has 0 aliphatic heterocycles. The Labute approximate surface area is 180 Å². The normalized spacial score (nSPS) is 11.0. The lowest BCUT2D eigenvalue weighted by Crippen LogP contribution is -2.38. The Balaban J connectivity index is 1.94. The maximum Gasteiger partial charge on any atom is 0.264 e. The highest BCUT2D eigenvalue weighted by Gasteiger charge is 2.28. The van der Waals surface area contributed by atoms with Crippen molar-refractivity contribution in [1.82, 2.24) is 0 Å². The third kappa shape index (κ3) is 4.87. The highest BCUT2D eigenvalue weighted by Crippen LogP contribution is 2.30. The second-order valence-corrected chi connectivity index (χ2v) is 8.73. The van der Waals surface area contributed by atoms with E-state index in [4.69, 9.17) is 11.6 Å². The molecule has 3 aromatic carbocycles. The lowest BCUT2D eigenvalue weighted by atomic mass is 10.1. The van der Waals surface area contributed by atoms with E-state index in [2.05, 4.69) is 5.32 Å². The van der Waals surface area contributed by atoms with E-state index in [1.165, 1.54) is 31.2 Å². The van der Waals surface area contributed by atoms with Gasteiger partial charge in [0.1, 0.15) is 6.54 Å². The molecule has 0 aromatic heterocycles. The van der Waals surface area contributed by atoms with Crippen LogP contribution in [0.3, 0.4) is 0 Å². The number of carbonyl (C=O) groups is 2. The first kappa shape index (κ1) is 21.5. The van der Waals surface area contributed by atoms with E-state index in [0.717, 1.165) is 4.31 Å². The Bertz CT molecular complexity index is 1180. The number of anilines is 2. The maximum absolute atomic E-state index is 13.3. The van der Waals surface area contributed by atoms with E-state index in [1.807, 2.05) is 0 Å². The molecule has 1 N–H and O–H groups in total. The number of nitrogens with zero attached hydrogens (tertiary/aromatic N) is 1. The second kappa shape index (κ2) is 9.11. The van der Waals surface area contributed by atoms with Crippen molar-refractivity contribution in [2.24, 2.45) is 0 Å². The van der Waals surface area contributed by atoms with Crippen molar-refractivity contribution in [2.75, 3.05) is 16.2 Å². The maximum atomic E-state index is 13.3. The Morgan fingerprint density at radius 2 is 1.60 bits per heavy atom. The number of benzene rings is 3. The van der Waals surface area contributed by atoms with Crippen molar-refractivity contribution in [3.63, 3.8) is 0 Å². The monoisotopic (exact) mass is 442 g/mol. The van der Waals surface area contributed by atoms with Crippen molar-refractivity contribution >= 4 is 44.7 Å². The van der Waals surface area contributed by atoms with Crippen LogP contribution in [0, 0.1) is 0 Å². The highest BCUT2D eigenvalue weighted by atomic mass is 35.5. The molecule has 3 rings (SSSR count). The van der Waals surface area contributed by atoms with E-state index in [-0.39, 0.29) is 21.4 Å². The molecule has 8 heteroatoms. The zero-order valence-corrected chi connectivity index (χ0v) is 17.7. The zero-order chi connectivity index (χ0) is 21.7. The van der Waals surface area contributed by atoms with Crippen LogP contribution in [0.1, 0.15) is 17.3 Å². The number of sulfonamides is 1. The summed E-state index contributed by atoms with van der Waals surface area (Å²) in [4.78, 5) is 24.3. The standard InChI is InChI=1S/C22H19ClN2O4S/c1-16(26)17-8-7-9-18(14-17)24-22(27)15-25(21-13-6-5-12-20(21)23)30(28,29)19-10-3-2-4-11-19/h2-14H,15H2,1H3,(H,24,27). The number of nitrogens with one attached hydrogen (secondary N) is 1. The predicted octanol–water partition coefficient (Wildman–Crippen LogP) is 4.38. The minimum Gasteiger partial charge on any atom is -0.324 e. The van der Waals surface area contributed by atoms with Crippen molar-refractivity contribution in [3.8, 4) is 0 Å². The van der Waals surface area contributed by atoms with Crippen LogP contribution in [0.5, 0.6) is 0 Å². The van der Waals surface area contributed by atoms with Gasteiger partial charge in [-0.1, -0.05) is 54.1 Å². The summed E-state index contributed by atoms with van der Waals surface area (Å²) in [6, 6.07) is 20.6. The first-order valence-electron chi connectivity index (χ1n) is 9.02. The quantitative estimate of drug-likeness (QED) is 0.550. The molecule has 0 unspecified atom stereocenters. The molecule has 1 amide bonds. The third-order valence-corrected chi connectivity index (χ3v) is 6.39. The summed E-state index contributed by atoms with van der Waals surface area (Å²) in [5, 5.41) is 2.84. The van der Waals surface area contributed by atoms with E-state index in [9.17, 15) is 18.0 Å². The van der Waals surface area contributed by atoms with Crippen LogP contribution in [-0.2, 0) is 14.8 Å². The smallest absolute Gasteiger partial charge is 0.264 e. The first-order valence-corrected chi connectivity index (χ1v) is 10.8. The van der Waals surface area contributed by atoms with Gasteiger partial charge < -0.3 is 5.32 Å². The van der Waals surface area contributed by atoms with E-state index < -0.39 is 22.5 Å². The molecule has 0 heterocycles. The largest absolute Gasteiger partial charge is 0.324 e. The number of para-hydroxylation sites is 1. The summed E-state index contributed by atoms with van der Waals surface area (Å²) in [7, 11) is -4.05. The molecule has 0 bridgehead atoms. The Morgan fingerprint density at radius 3 is 2.27 bits per heavy atom. The van der Waals surface area contributed by atoms with Crippen LogP contribution in [0.25, 0.3) is 0 Å². The Kier molecular flexibility index (Phi) is 6.54. The van der Waals surface area contributed by atoms with Gasteiger partial charge in [-0.3, -0.25) is 13.9 Å². The number of halogens is 1. The van der Waals surface area contributed by atoms with Gasteiger partial charge in [0.25, 0.3) is 10.0 Å². The van der Waals surface area contributed by atoms with Crippen molar-refractivity contribution < 1.29 is 18.0 Å². The van der Waals surface area contributed by atoms with Gasteiger partial charge in [0.2, 0.25) is 5.91 Å². The summed E-state index contributed by atoms with van der Waals surface area (Å²) in [6.45, 7) is 0.928. The van der Waals surface area contributed by atoms with Crippen LogP contribution in [0.2, 0.25) is 5.02 Å². The molecule has 0 fully saturated rings. The zero-order valence-electron chi connectivity index (χ0n) is 16.1. The number of rotatable bonds is 7. The van der Waals surface area contributed by atoms with E-state index >= 15 is 0 Å². The van der Waals surface area contributed by atoms with Crippen molar-refractivity contribution in [2.45, 2.75) is 11.8 Å². The molecular weight excluding hydrogens is 424 g/mol. The molecule has 0 saturated carbocycles. The number of amides is 1. The molecule has 0 radical (unpaired) electrons.